The average molecular weight is 319 g/mol. The molecule has 0 radical (unpaired) electrons. The summed E-state index contributed by atoms with van der Waals surface area (Å²) in [5, 5.41) is 2.40. The summed E-state index contributed by atoms with van der Waals surface area (Å²) in [4.78, 5) is 11.0. The SMILES string of the molecule is CNC(=O)CCn1cc(S(=O)(=O)Cl)c2c(F)cccc21. The molecular weight excluding hydrogens is 307 g/mol. The Morgan fingerprint density at radius 3 is 2.75 bits per heavy atom. The molecule has 108 valence electrons. The maximum absolute atomic E-state index is 13.8. The number of halogens is 2. The van der Waals surface area contributed by atoms with Gasteiger partial charge in [-0.2, -0.15) is 0 Å². The van der Waals surface area contributed by atoms with Crippen LogP contribution in [0.3, 0.4) is 0 Å². The van der Waals surface area contributed by atoms with Crippen molar-refractivity contribution in [3.8, 4) is 0 Å². The number of aryl methyl sites for hydroxylation is 1. The second-order valence-electron chi connectivity index (χ2n) is 4.18. The number of fused-ring (bicyclic) bond motifs is 1. The number of amides is 1. The van der Waals surface area contributed by atoms with E-state index in [1.807, 2.05) is 0 Å². The highest BCUT2D eigenvalue weighted by atomic mass is 35.7. The van der Waals surface area contributed by atoms with Crippen molar-refractivity contribution in [2.75, 3.05) is 7.05 Å². The number of benzene rings is 1. The van der Waals surface area contributed by atoms with Crippen LogP contribution in [0.2, 0.25) is 0 Å². The zero-order chi connectivity index (χ0) is 14.9. The monoisotopic (exact) mass is 318 g/mol. The van der Waals surface area contributed by atoms with Gasteiger partial charge >= 0.3 is 0 Å². The lowest BCUT2D eigenvalue weighted by atomic mass is 10.2. The predicted molar refractivity (Wildman–Crippen MR) is 73.6 cm³/mol. The lowest BCUT2D eigenvalue weighted by Gasteiger charge is -2.04. The second kappa shape index (κ2) is 5.41. The van der Waals surface area contributed by atoms with Crippen LogP contribution in [0, 0.1) is 5.82 Å². The Balaban J connectivity index is 2.57. The summed E-state index contributed by atoms with van der Waals surface area (Å²) in [6, 6.07) is 4.21. The van der Waals surface area contributed by atoms with E-state index in [0.717, 1.165) is 6.07 Å². The van der Waals surface area contributed by atoms with Crippen LogP contribution in [0.5, 0.6) is 0 Å². The fourth-order valence-electron chi connectivity index (χ4n) is 1.99. The van der Waals surface area contributed by atoms with Crippen LogP contribution in [0.4, 0.5) is 4.39 Å². The molecule has 0 aliphatic heterocycles. The third-order valence-electron chi connectivity index (χ3n) is 2.94. The maximum Gasteiger partial charge on any atom is 0.263 e. The number of aromatic nitrogens is 1. The van der Waals surface area contributed by atoms with Crippen LogP contribution in [-0.2, 0) is 20.4 Å². The van der Waals surface area contributed by atoms with Crippen molar-refractivity contribution < 1.29 is 17.6 Å². The summed E-state index contributed by atoms with van der Waals surface area (Å²) >= 11 is 0. The first kappa shape index (κ1) is 14.8. The molecule has 1 aromatic carbocycles. The highest BCUT2D eigenvalue weighted by molar-refractivity contribution is 8.14. The summed E-state index contributed by atoms with van der Waals surface area (Å²) in [5.74, 6) is -0.862. The fraction of sp³-hybridized carbons (Fsp3) is 0.250. The second-order valence-corrected chi connectivity index (χ2v) is 6.72. The first-order valence-corrected chi connectivity index (χ1v) is 8.08. The van der Waals surface area contributed by atoms with Crippen LogP contribution in [0.1, 0.15) is 6.42 Å². The lowest BCUT2D eigenvalue weighted by Crippen LogP contribution is -2.19. The van der Waals surface area contributed by atoms with Gasteiger partial charge in [0.2, 0.25) is 5.91 Å². The molecule has 20 heavy (non-hydrogen) atoms. The van der Waals surface area contributed by atoms with E-state index < -0.39 is 14.9 Å². The molecule has 1 heterocycles. The Morgan fingerprint density at radius 2 is 2.15 bits per heavy atom. The van der Waals surface area contributed by atoms with Gasteiger partial charge in [0.25, 0.3) is 9.05 Å². The third kappa shape index (κ3) is 2.78. The Labute approximate surface area is 119 Å². The van der Waals surface area contributed by atoms with Crippen molar-refractivity contribution in [2.24, 2.45) is 0 Å². The topological polar surface area (TPSA) is 68.2 Å². The van der Waals surface area contributed by atoms with E-state index >= 15 is 0 Å². The Bertz CT molecular complexity index is 770. The number of hydrogen-bond donors (Lipinski definition) is 1. The minimum Gasteiger partial charge on any atom is -0.359 e. The summed E-state index contributed by atoms with van der Waals surface area (Å²) in [6.45, 7) is 0.228. The van der Waals surface area contributed by atoms with Gasteiger partial charge in [0.15, 0.2) is 0 Å². The van der Waals surface area contributed by atoms with Crippen LogP contribution in [-0.4, -0.2) is 25.9 Å². The van der Waals surface area contributed by atoms with Gasteiger partial charge in [-0.3, -0.25) is 4.79 Å². The predicted octanol–water partition coefficient (Wildman–Crippen LogP) is 1.84. The summed E-state index contributed by atoms with van der Waals surface area (Å²) in [7, 11) is 2.77. The third-order valence-corrected chi connectivity index (χ3v) is 4.28. The van der Waals surface area contributed by atoms with Gasteiger partial charge in [-0.25, -0.2) is 12.8 Å². The molecule has 0 fully saturated rings. The molecular formula is C12H12ClFN2O3S. The number of nitrogens with zero attached hydrogens (tertiary/aromatic N) is 1. The number of carbonyl (C=O) groups is 1. The number of carbonyl (C=O) groups excluding carboxylic acids is 1. The maximum atomic E-state index is 13.8. The van der Waals surface area contributed by atoms with Gasteiger partial charge in [-0.05, 0) is 12.1 Å². The lowest BCUT2D eigenvalue weighted by molar-refractivity contribution is -0.120. The Hall–Kier alpha value is -1.60. The van der Waals surface area contributed by atoms with E-state index in [1.54, 1.807) is 6.07 Å². The highest BCUT2D eigenvalue weighted by Gasteiger charge is 2.21. The summed E-state index contributed by atoms with van der Waals surface area (Å²) in [5.41, 5.74) is 0.383. The molecule has 1 aromatic heterocycles. The summed E-state index contributed by atoms with van der Waals surface area (Å²) < 4.78 is 38.4. The molecule has 0 aliphatic carbocycles. The molecule has 0 bridgehead atoms. The van der Waals surface area contributed by atoms with Crippen molar-refractivity contribution in [3.05, 3.63) is 30.2 Å². The largest absolute Gasteiger partial charge is 0.359 e. The van der Waals surface area contributed by atoms with E-state index in [2.05, 4.69) is 5.32 Å². The van der Waals surface area contributed by atoms with Crippen LogP contribution in [0.25, 0.3) is 10.9 Å². The zero-order valence-electron chi connectivity index (χ0n) is 10.6. The van der Waals surface area contributed by atoms with Crippen LogP contribution in [0.15, 0.2) is 29.3 Å². The molecule has 2 aromatic rings. The number of rotatable bonds is 4. The minimum atomic E-state index is -4.06. The van der Waals surface area contributed by atoms with Gasteiger partial charge < -0.3 is 9.88 Å². The van der Waals surface area contributed by atoms with Gasteiger partial charge in [-0.1, -0.05) is 6.07 Å². The molecule has 0 spiro atoms. The molecule has 0 saturated carbocycles. The van der Waals surface area contributed by atoms with Crippen LogP contribution < -0.4 is 5.32 Å². The van der Waals surface area contributed by atoms with E-state index in [0.29, 0.717) is 5.52 Å². The highest BCUT2D eigenvalue weighted by Crippen LogP contribution is 2.30. The van der Waals surface area contributed by atoms with Gasteiger partial charge in [0.05, 0.1) is 10.9 Å². The average Bonchev–Trinajstić information content (AvgIpc) is 2.76. The molecule has 0 saturated heterocycles. The first-order valence-electron chi connectivity index (χ1n) is 5.77. The quantitative estimate of drug-likeness (QED) is 0.875. The summed E-state index contributed by atoms with van der Waals surface area (Å²) in [6.07, 6.45) is 1.40. The molecule has 5 nitrogen and oxygen atoms in total. The van der Waals surface area contributed by atoms with Crippen molar-refractivity contribution >= 4 is 36.5 Å². The molecule has 0 aliphatic rings. The van der Waals surface area contributed by atoms with Crippen molar-refractivity contribution in [1.29, 1.82) is 0 Å². The van der Waals surface area contributed by atoms with Crippen molar-refractivity contribution in [1.82, 2.24) is 9.88 Å². The molecule has 0 unspecified atom stereocenters. The smallest absolute Gasteiger partial charge is 0.263 e. The molecule has 0 atom stereocenters. The van der Waals surface area contributed by atoms with E-state index in [1.165, 1.54) is 23.9 Å². The number of hydrogen-bond acceptors (Lipinski definition) is 3. The van der Waals surface area contributed by atoms with E-state index in [-0.39, 0.29) is 29.2 Å². The van der Waals surface area contributed by atoms with E-state index in [4.69, 9.17) is 10.7 Å². The van der Waals surface area contributed by atoms with E-state index in [9.17, 15) is 17.6 Å². The van der Waals surface area contributed by atoms with Gasteiger partial charge in [0, 0.05) is 36.9 Å². The van der Waals surface area contributed by atoms with Crippen molar-refractivity contribution in [2.45, 2.75) is 17.9 Å². The normalized spacial score (nSPS) is 11.8. The molecule has 1 N–H and O–H groups in total. The van der Waals surface area contributed by atoms with Gasteiger partial charge in [-0.15, -0.1) is 0 Å². The molecule has 8 heteroatoms. The Kier molecular flexibility index (Phi) is 4.01. The standard InChI is InChI=1S/C12H12ClFN2O3S/c1-15-11(17)5-6-16-7-10(20(13,18)19)12-8(14)3-2-4-9(12)16/h2-4,7H,5-6H2,1H3,(H,15,17). The van der Waals surface area contributed by atoms with Gasteiger partial charge in [0.1, 0.15) is 10.7 Å². The Morgan fingerprint density at radius 1 is 1.45 bits per heavy atom. The first-order chi connectivity index (χ1) is 9.34. The van der Waals surface area contributed by atoms with Crippen LogP contribution >= 0.6 is 10.7 Å². The zero-order valence-corrected chi connectivity index (χ0v) is 12.1. The van der Waals surface area contributed by atoms with Crippen molar-refractivity contribution in [3.63, 3.8) is 0 Å². The fourth-order valence-corrected chi connectivity index (χ4v) is 3.04. The molecule has 2 rings (SSSR count). The molecule has 1 amide bonds. The number of nitrogens with one attached hydrogen (secondary N) is 1. The minimum absolute atomic E-state index is 0.0561.